The van der Waals surface area contributed by atoms with Crippen LogP contribution in [0.15, 0.2) is 42.5 Å². The summed E-state index contributed by atoms with van der Waals surface area (Å²) in [5.41, 5.74) is 8.51. The molecular formula is C14H13N2O. The molecule has 17 heavy (non-hydrogen) atoms. The van der Waals surface area contributed by atoms with Crippen LogP contribution >= 0.6 is 0 Å². The Hall–Kier alpha value is -2.29. The second kappa shape index (κ2) is 4.70. The third-order valence-electron chi connectivity index (χ3n) is 2.41. The Kier molecular flexibility index (Phi) is 3.10. The Morgan fingerprint density at radius 1 is 1.18 bits per heavy atom. The van der Waals surface area contributed by atoms with Crippen molar-refractivity contribution in [3.63, 3.8) is 0 Å². The monoisotopic (exact) mass is 225 g/mol. The van der Waals surface area contributed by atoms with Crippen LogP contribution in [0.3, 0.4) is 0 Å². The molecule has 0 aliphatic carbocycles. The quantitative estimate of drug-likeness (QED) is 0.772. The molecule has 85 valence electrons. The smallest absolute Gasteiger partial charge is 0.255 e. The number of nitrogens with one attached hydrogen (secondary N) is 1. The van der Waals surface area contributed by atoms with Crippen LogP contribution < -0.4 is 11.1 Å². The molecule has 0 heterocycles. The van der Waals surface area contributed by atoms with Crippen LogP contribution in [0.25, 0.3) is 0 Å². The van der Waals surface area contributed by atoms with Crippen molar-refractivity contribution in [2.24, 2.45) is 0 Å². The fourth-order valence-corrected chi connectivity index (χ4v) is 1.42. The zero-order chi connectivity index (χ0) is 12.3. The van der Waals surface area contributed by atoms with Crippen molar-refractivity contribution in [3.8, 4) is 0 Å². The number of anilines is 2. The average molecular weight is 225 g/mol. The largest absolute Gasteiger partial charge is 0.398 e. The van der Waals surface area contributed by atoms with Gasteiger partial charge in [-0.2, -0.15) is 0 Å². The van der Waals surface area contributed by atoms with E-state index in [1.165, 1.54) is 0 Å². The van der Waals surface area contributed by atoms with E-state index >= 15 is 0 Å². The first-order valence-corrected chi connectivity index (χ1v) is 5.30. The predicted octanol–water partition coefficient (Wildman–Crippen LogP) is 2.63. The van der Waals surface area contributed by atoms with Crippen molar-refractivity contribution in [1.29, 1.82) is 0 Å². The van der Waals surface area contributed by atoms with E-state index in [9.17, 15) is 4.79 Å². The first kappa shape index (κ1) is 11.2. The van der Waals surface area contributed by atoms with Crippen molar-refractivity contribution in [2.45, 2.75) is 6.92 Å². The molecule has 0 fully saturated rings. The van der Waals surface area contributed by atoms with Gasteiger partial charge in [-0.1, -0.05) is 17.7 Å². The summed E-state index contributed by atoms with van der Waals surface area (Å²) in [4.78, 5) is 11.8. The second-order valence-electron chi connectivity index (χ2n) is 3.85. The highest BCUT2D eigenvalue weighted by Crippen LogP contribution is 2.11. The third-order valence-corrected chi connectivity index (χ3v) is 2.41. The fourth-order valence-electron chi connectivity index (χ4n) is 1.42. The van der Waals surface area contributed by atoms with Crippen molar-refractivity contribution in [2.75, 3.05) is 11.1 Å². The molecule has 3 N–H and O–H groups in total. The van der Waals surface area contributed by atoms with E-state index in [1.807, 2.05) is 31.2 Å². The van der Waals surface area contributed by atoms with Gasteiger partial charge in [0.2, 0.25) is 0 Å². The summed E-state index contributed by atoms with van der Waals surface area (Å²) in [7, 11) is 0. The Bertz CT molecular complexity index is 515. The van der Waals surface area contributed by atoms with Crippen molar-refractivity contribution in [3.05, 3.63) is 59.7 Å². The van der Waals surface area contributed by atoms with Gasteiger partial charge in [0, 0.05) is 23.0 Å². The molecule has 0 saturated heterocycles. The lowest BCUT2D eigenvalue weighted by molar-refractivity contribution is 0.102. The molecular weight excluding hydrogens is 212 g/mol. The van der Waals surface area contributed by atoms with Gasteiger partial charge >= 0.3 is 0 Å². The number of hydrogen-bond acceptors (Lipinski definition) is 2. The molecule has 0 saturated carbocycles. The summed E-state index contributed by atoms with van der Waals surface area (Å²) < 4.78 is 0. The van der Waals surface area contributed by atoms with Crippen molar-refractivity contribution < 1.29 is 4.79 Å². The number of nitrogens with two attached hydrogens (primary N) is 1. The van der Waals surface area contributed by atoms with E-state index < -0.39 is 0 Å². The van der Waals surface area contributed by atoms with Gasteiger partial charge < -0.3 is 11.1 Å². The number of benzene rings is 2. The molecule has 0 spiro atoms. The number of carbonyl (C=O) groups excluding carboxylic acids is 1. The zero-order valence-corrected chi connectivity index (χ0v) is 9.53. The van der Waals surface area contributed by atoms with Gasteiger partial charge in [0.25, 0.3) is 5.91 Å². The Balaban J connectivity index is 2.11. The normalized spacial score (nSPS) is 9.94. The average Bonchev–Trinajstić information content (AvgIpc) is 2.33. The highest BCUT2D eigenvalue weighted by Gasteiger charge is 2.05. The molecule has 0 aliphatic rings. The maximum atomic E-state index is 11.8. The number of hydrogen-bond donors (Lipinski definition) is 2. The lowest BCUT2D eigenvalue weighted by Crippen LogP contribution is -2.11. The highest BCUT2D eigenvalue weighted by atomic mass is 16.1. The van der Waals surface area contributed by atoms with Crippen LogP contribution in [0.1, 0.15) is 15.9 Å². The van der Waals surface area contributed by atoms with Gasteiger partial charge in [-0.05, 0) is 37.3 Å². The second-order valence-corrected chi connectivity index (χ2v) is 3.85. The van der Waals surface area contributed by atoms with Gasteiger partial charge in [0.15, 0.2) is 0 Å². The molecule has 2 aromatic rings. The number of rotatable bonds is 2. The van der Waals surface area contributed by atoms with Gasteiger partial charge in [0.1, 0.15) is 0 Å². The minimum atomic E-state index is -0.162. The Morgan fingerprint density at radius 3 is 2.47 bits per heavy atom. The summed E-state index contributed by atoms with van der Waals surface area (Å²) in [5, 5.41) is 2.81. The Morgan fingerprint density at radius 2 is 1.88 bits per heavy atom. The summed E-state index contributed by atoms with van der Waals surface area (Å²) in [6.07, 6.45) is 0. The van der Waals surface area contributed by atoms with Crippen LogP contribution in [0, 0.1) is 13.0 Å². The number of carbonyl (C=O) groups is 1. The molecule has 3 heteroatoms. The number of nitrogen functional groups attached to an aromatic ring is 1. The lowest BCUT2D eigenvalue weighted by Gasteiger charge is -2.05. The molecule has 0 aliphatic heterocycles. The summed E-state index contributed by atoms with van der Waals surface area (Å²) in [6.45, 7) is 2.00. The van der Waals surface area contributed by atoms with Crippen molar-refractivity contribution in [1.82, 2.24) is 0 Å². The van der Waals surface area contributed by atoms with E-state index in [1.54, 1.807) is 18.2 Å². The van der Waals surface area contributed by atoms with Gasteiger partial charge in [0.05, 0.1) is 0 Å². The molecule has 2 rings (SSSR count). The van der Waals surface area contributed by atoms with Crippen LogP contribution in [0.4, 0.5) is 11.4 Å². The van der Waals surface area contributed by atoms with E-state index in [0.29, 0.717) is 11.3 Å². The topological polar surface area (TPSA) is 55.1 Å². The summed E-state index contributed by atoms with van der Waals surface area (Å²) in [6, 6.07) is 15.3. The first-order valence-electron chi connectivity index (χ1n) is 5.30. The number of amides is 1. The number of aryl methyl sites for hydroxylation is 1. The molecule has 1 radical (unpaired) electrons. The fraction of sp³-hybridized carbons (Fsp3) is 0.0714. The minimum absolute atomic E-state index is 0.162. The lowest BCUT2D eigenvalue weighted by atomic mass is 10.2. The van der Waals surface area contributed by atoms with E-state index in [4.69, 9.17) is 5.73 Å². The third kappa shape index (κ3) is 2.84. The van der Waals surface area contributed by atoms with Crippen LogP contribution in [0.5, 0.6) is 0 Å². The van der Waals surface area contributed by atoms with Gasteiger partial charge in [-0.3, -0.25) is 4.79 Å². The van der Waals surface area contributed by atoms with Crippen molar-refractivity contribution >= 4 is 17.3 Å². The van der Waals surface area contributed by atoms with Gasteiger partial charge in [-0.15, -0.1) is 0 Å². The molecule has 0 aromatic heterocycles. The van der Waals surface area contributed by atoms with Crippen LogP contribution in [-0.2, 0) is 0 Å². The van der Waals surface area contributed by atoms with Crippen LogP contribution in [0.2, 0.25) is 0 Å². The van der Waals surface area contributed by atoms with E-state index in [-0.39, 0.29) is 5.91 Å². The SMILES string of the molecule is Cc1ccc(NC(=O)c2c[c]c(N)cc2)cc1. The molecule has 0 atom stereocenters. The summed E-state index contributed by atoms with van der Waals surface area (Å²) in [5.74, 6) is -0.162. The van der Waals surface area contributed by atoms with Crippen LogP contribution in [-0.4, -0.2) is 5.91 Å². The zero-order valence-electron chi connectivity index (χ0n) is 9.53. The standard InChI is InChI=1S/C14H13N2O/c1-10-2-8-13(9-3-10)16-14(17)11-4-6-12(15)7-5-11/h2-6,8-9H,15H2,1H3,(H,16,17). The maximum absolute atomic E-state index is 11.8. The molecule has 3 nitrogen and oxygen atoms in total. The Labute approximate surface area is 100 Å². The van der Waals surface area contributed by atoms with Gasteiger partial charge in [-0.25, -0.2) is 0 Å². The highest BCUT2D eigenvalue weighted by molar-refractivity contribution is 6.04. The molecule has 1 amide bonds. The predicted molar refractivity (Wildman–Crippen MR) is 68.8 cm³/mol. The van der Waals surface area contributed by atoms with E-state index in [0.717, 1.165) is 11.3 Å². The minimum Gasteiger partial charge on any atom is -0.398 e. The summed E-state index contributed by atoms with van der Waals surface area (Å²) >= 11 is 0. The maximum Gasteiger partial charge on any atom is 0.255 e. The molecule has 2 aromatic carbocycles. The first-order chi connectivity index (χ1) is 8.15. The molecule has 0 bridgehead atoms. The van der Waals surface area contributed by atoms with E-state index in [2.05, 4.69) is 11.4 Å². The molecule has 0 unspecified atom stereocenters.